The molecule has 1 aliphatic rings. The van der Waals surface area contributed by atoms with Gasteiger partial charge in [-0.15, -0.1) is 0 Å². The van der Waals surface area contributed by atoms with Gasteiger partial charge in [-0.3, -0.25) is 0 Å². The SMILES string of the molecule is c1ccc(-c2ccc(-c3cc4c(c5ccccc35)-c3ccc(-c5ccc6ccccc6c5)cc3C4(c3ccccc3)c3ccccc3)cc2)cc1. The van der Waals surface area contributed by atoms with Gasteiger partial charge >= 0.3 is 0 Å². The molecule has 0 saturated heterocycles. The third-order valence-corrected chi connectivity index (χ3v) is 10.9. The van der Waals surface area contributed by atoms with Gasteiger partial charge in [0.2, 0.25) is 0 Å². The molecule has 0 nitrogen and oxygen atoms in total. The fraction of sp³-hybridized carbons (Fsp3) is 0.0196. The maximum atomic E-state index is 2.50. The van der Waals surface area contributed by atoms with Crippen LogP contribution in [-0.2, 0) is 5.41 Å². The zero-order valence-electron chi connectivity index (χ0n) is 28.1. The Kier molecular flexibility index (Phi) is 6.82. The summed E-state index contributed by atoms with van der Waals surface area (Å²) in [6, 6.07) is 76.2. The Balaban J connectivity index is 1.28. The topological polar surface area (TPSA) is 0 Å². The molecule has 0 N–H and O–H groups in total. The minimum absolute atomic E-state index is 0.525. The van der Waals surface area contributed by atoms with Crippen LogP contribution in [0, 0.1) is 0 Å². The Morgan fingerprint density at radius 3 is 1.49 bits per heavy atom. The lowest BCUT2D eigenvalue weighted by Gasteiger charge is -2.34. The maximum Gasteiger partial charge on any atom is 0.0714 e. The van der Waals surface area contributed by atoms with Gasteiger partial charge in [-0.05, 0) is 107 Å². The van der Waals surface area contributed by atoms with Crippen LogP contribution in [0.15, 0.2) is 206 Å². The Bertz CT molecular complexity index is 2660. The van der Waals surface area contributed by atoms with E-state index in [1.165, 1.54) is 88.3 Å². The highest BCUT2D eigenvalue weighted by Gasteiger charge is 2.47. The molecule has 238 valence electrons. The van der Waals surface area contributed by atoms with Gasteiger partial charge in [-0.1, -0.05) is 188 Å². The van der Waals surface area contributed by atoms with E-state index in [1.54, 1.807) is 0 Å². The second kappa shape index (κ2) is 11.8. The van der Waals surface area contributed by atoms with Crippen molar-refractivity contribution in [2.75, 3.05) is 0 Å². The van der Waals surface area contributed by atoms with E-state index in [4.69, 9.17) is 0 Å². The first-order valence-corrected chi connectivity index (χ1v) is 17.8. The first-order chi connectivity index (χ1) is 25.3. The molecule has 0 aromatic heterocycles. The van der Waals surface area contributed by atoms with E-state index in [9.17, 15) is 0 Å². The fourth-order valence-electron chi connectivity index (χ4n) is 8.60. The van der Waals surface area contributed by atoms with Crippen molar-refractivity contribution in [3.05, 3.63) is 229 Å². The molecule has 0 atom stereocenters. The van der Waals surface area contributed by atoms with Crippen LogP contribution in [0.25, 0.3) is 66.1 Å². The Morgan fingerprint density at radius 2 is 0.784 bits per heavy atom. The third-order valence-electron chi connectivity index (χ3n) is 10.9. The number of benzene rings is 9. The van der Waals surface area contributed by atoms with Gasteiger partial charge in [0.1, 0.15) is 0 Å². The Labute approximate surface area is 298 Å². The molecule has 0 heteroatoms. The lowest BCUT2D eigenvalue weighted by Crippen LogP contribution is -2.28. The molecule has 9 aromatic rings. The van der Waals surface area contributed by atoms with Crippen molar-refractivity contribution >= 4 is 21.5 Å². The quantitative estimate of drug-likeness (QED) is 0.175. The summed E-state index contributed by atoms with van der Waals surface area (Å²) in [5.74, 6) is 0. The molecule has 10 rings (SSSR count). The second-order valence-electron chi connectivity index (χ2n) is 13.6. The van der Waals surface area contributed by atoms with Crippen molar-refractivity contribution in [2.24, 2.45) is 0 Å². The fourth-order valence-corrected chi connectivity index (χ4v) is 8.60. The van der Waals surface area contributed by atoms with E-state index < -0.39 is 5.41 Å². The van der Waals surface area contributed by atoms with Crippen LogP contribution in [0.4, 0.5) is 0 Å². The molecule has 0 aliphatic heterocycles. The molecule has 0 fully saturated rings. The zero-order chi connectivity index (χ0) is 33.8. The van der Waals surface area contributed by atoms with Gasteiger partial charge in [0.15, 0.2) is 0 Å². The van der Waals surface area contributed by atoms with E-state index in [1.807, 2.05) is 0 Å². The highest BCUT2D eigenvalue weighted by atomic mass is 14.5. The van der Waals surface area contributed by atoms with Crippen molar-refractivity contribution in [2.45, 2.75) is 5.41 Å². The van der Waals surface area contributed by atoms with Crippen LogP contribution in [0.3, 0.4) is 0 Å². The number of rotatable bonds is 5. The Hall–Kier alpha value is -6.50. The third kappa shape index (κ3) is 4.61. The van der Waals surface area contributed by atoms with E-state index in [2.05, 4.69) is 206 Å². The van der Waals surface area contributed by atoms with Crippen molar-refractivity contribution in [3.8, 4) is 44.5 Å². The smallest absolute Gasteiger partial charge is 0.0622 e. The molecule has 0 saturated carbocycles. The minimum atomic E-state index is -0.525. The lowest BCUT2D eigenvalue weighted by molar-refractivity contribution is 0.769. The van der Waals surface area contributed by atoms with Crippen LogP contribution in [-0.4, -0.2) is 0 Å². The van der Waals surface area contributed by atoms with Crippen molar-refractivity contribution in [3.63, 3.8) is 0 Å². The van der Waals surface area contributed by atoms with E-state index >= 15 is 0 Å². The summed E-state index contributed by atoms with van der Waals surface area (Å²) in [6.07, 6.45) is 0. The maximum absolute atomic E-state index is 2.50. The van der Waals surface area contributed by atoms with Crippen molar-refractivity contribution in [1.29, 1.82) is 0 Å². The predicted molar refractivity (Wildman–Crippen MR) is 215 cm³/mol. The first kappa shape index (κ1) is 29.4. The van der Waals surface area contributed by atoms with E-state index in [0.29, 0.717) is 0 Å². The van der Waals surface area contributed by atoms with Crippen LogP contribution in [0.5, 0.6) is 0 Å². The molecule has 0 unspecified atom stereocenters. The monoisotopic (exact) mass is 646 g/mol. The van der Waals surface area contributed by atoms with Gasteiger partial charge in [0, 0.05) is 0 Å². The normalized spacial score (nSPS) is 12.9. The van der Waals surface area contributed by atoms with Gasteiger partial charge in [-0.25, -0.2) is 0 Å². The van der Waals surface area contributed by atoms with E-state index in [-0.39, 0.29) is 0 Å². The van der Waals surface area contributed by atoms with Gasteiger partial charge in [0.25, 0.3) is 0 Å². The minimum Gasteiger partial charge on any atom is -0.0622 e. The molecule has 0 bridgehead atoms. The average molecular weight is 647 g/mol. The van der Waals surface area contributed by atoms with Gasteiger partial charge < -0.3 is 0 Å². The van der Waals surface area contributed by atoms with Crippen molar-refractivity contribution in [1.82, 2.24) is 0 Å². The summed E-state index contributed by atoms with van der Waals surface area (Å²) < 4.78 is 0. The highest BCUT2D eigenvalue weighted by molar-refractivity contribution is 6.10. The van der Waals surface area contributed by atoms with Crippen LogP contribution >= 0.6 is 0 Å². The second-order valence-corrected chi connectivity index (χ2v) is 13.6. The molecule has 0 spiro atoms. The highest BCUT2D eigenvalue weighted by Crippen LogP contribution is 2.59. The molecule has 0 heterocycles. The number of hydrogen-bond acceptors (Lipinski definition) is 0. The number of fused-ring (bicyclic) bond motifs is 6. The molecule has 0 amide bonds. The molecule has 0 radical (unpaired) electrons. The summed E-state index contributed by atoms with van der Waals surface area (Å²) in [5.41, 5.74) is 14.7. The van der Waals surface area contributed by atoms with Crippen LogP contribution in [0.2, 0.25) is 0 Å². The summed E-state index contributed by atoms with van der Waals surface area (Å²) in [4.78, 5) is 0. The van der Waals surface area contributed by atoms with Crippen molar-refractivity contribution < 1.29 is 0 Å². The van der Waals surface area contributed by atoms with Gasteiger partial charge in [-0.2, -0.15) is 0 Å². The predicted octanol–water partition coefficient (Wildman–Crippen LogP) is 13.4. The van der Waals surface area contributed by atoms with Crippen LogP contribution < -0.4 is 0 Å². The lowest BCUT2D eigenvalue weighted by atomic mass is 9.67. The summed E-state index contributed by atoms with van der Waals surface area (Å²) in [5, 5.41) is 5.06. The Morgan fingerprint density at radius 1 is 0.275 bits per heavy atom. The molecule has 9 aromatic carbocycles. The van der Waals surface area contributed by atoms with E-state index in [0.717, 1.165) is 0 Å². The molecule has 51 heavy (non-hydrogen) atoms. The standard InChI is InChI=1S/C51H34/c1-4-14-35(15-5-1)37-24-27-38(28-25-37)47-34-49-50(45-23-13-12-22-44(45)47)46-31-30-41(40-29-26-36-16-10-11-17-39(36)32-40)33-48(46)51(49,42-18-6-2-7-19-42)43-20-8-3-9-21-43/h1-34H. The first-order valence-electron chi connectivity index (χ1n) is 17.8. The summed E-state index contributed by atoms with van der Waals surface area (Å²) in [6.45, 7) is 0. The van der Waals surface area contributed by atoms with Gasteiger partial charge in [0.05, 0.1) is 5.41 Å². The molecular formula is C51H34. The van der Waals surface area contributed by atoms with Crippen LogP contribution in [0.1, 0.15) is 22.3 Å². The summed E-state index contributed by atoms with van der Waals surface area (Å²) >= 11 is 0. The molecule has 1 aliphatic carbocycles. The summed E-state index contributed by atoms with van der Waals surface area (Å²) in [7, 11) is 0. The largest absolute Gasteiger partial charge is 0.0714 e. The number of hydrogen-bond donors (Lipinski definition) is 0. The zero-order valence-corrected chi connectivity index (χ0v) is 28.1. The molecular weight excluding hydrogens is 613 g/mol. The average Bonchev–Trinajstić information content (AvgIpc) is 3.52.